The smallest absolute Gasteiger partial charge is 0.255 e. The van der Waals surface area contributed by atoms with Crippen LogP contribution in [0.2, 0.25) is 0 Å². The summed E-state index contributed by atoms with van der Waals surface area (Å²) >= 11 is 0. The molecule has 2 N–H and O–H groups in total. The summed E-state index contributed by atoms with van der Waals surface area (Å²) in [5.41, 5.74) is 4.35. The second-order valence-corrected chi connectivity index (χ2v) is 7.71. The van der Waals surface area contributed by atoms with Gasteiger partial charge in [-0.1, -0.05) is 42.5 Å². The van der Waals surface area contributed by atoms with Gasteiger partial charge in [0.2, 0.25) is 0 Å². The van der Waals surface area contributed by atoms with E-state index < -0.39 is 0 Å². The number of anilines is 3. The zero-order valence-corrected chi connectivity index (χ0v) is 18.5. The molecule has 0 radical (unpaired) electrons. The standard InChI is InChI=1S/C27H22N6O/c1-19-28-15-16-33(19)26-17-25(29-18-30-26)31-23-11-13-24(14-12-23)32-27(34)22-9-7-21(8-10-22)20-5-3-2-4-6-20/h2-18H,1H3,(H,32,34)(H,29,30,31). The predicted molar refractivity (Wildman–Crippen MR) is 133 cm³/mol. The van der Waals surface area contributed by atoms with Crippen LogP contribution in [0.15, 0.2) is 104 Å². The minimum absolute atomic E-state index is 0.156. The second-order valence-electron chi connectivity index (χ2n) is 7.71. The van der Waals surface area contributed by atoms with Crippen molar-refractivity contribution in [3.05, 3.63) is 115 Å². The molecule has 7 nitrogen and oxygen atoms in total. The summed E-state index contributed by atoms with van der Waals surface area (Å²) in [6.45, 7) is 1.92. The molecule has 0 saturated carbocycles. The van der Waals surface area contributed by atoms with E-state index in [0.717, 1.165) is 28.5 Å². The Bertz CT molecular complexity index is 1410. The summed E-state index contributed by atoms with van der Waals surface area (Å²) in [4.78, 5) is 25.5. The molecule has 2 heterocycles. The molecule has 0 saturated heterocycles. The van der Waals surface area contributed by atoms with E-state index >= 15 is 0 Å². The fourth-order valence-electron chi connectivity index (χ4n) is 3.60. The number of nitrogens with one attached hydrogen (secondary N) is 2. The second kappa shape index (κ2) is 9.38. The van der Waals surface area contributed by atoms with Gasteiger partial charge in [0.25, 0.3) is 5.91 Å². The third kappa shape index (κ3) is 4.68. The van der Waals surface area contributed by atoms with Crippen LogP contribution in [0.3, 0.4) is 0 Å². The van der Waals surface area contributed by atoms with E-state index in [1.165, 1.54) is 6.33 Å². The van der Waals surface area contributed by atoms with Crippen molar-refractivity contribution in [2.75, 3.05) is 10.6 Å². The highest BCUT2D eigenvalue weighted by molar-refractivity contribution is 6.04. The number of rotatable bonds is 6. The lowest BCUT2D eigenvalue weighted by Crippen LogP contribution is -2.11. The maximum atomic E-state index is 12.7. The maximum Gasteiger partial charge on any atom is 0.255 e. The van der Waals surface area contributed by atoms with E-state index in [1.807, 2.05) is 103 Å². The quantitative estimate of drug-likeness (QED) is 0.353. The molecule has 1 amide bonds. The lowest BCUT2D eigenvalue weighted by molar-refractivity contribution is 0.102. The third-order valence-corrected chi connectivity index (χ3v) is 5.39. The van der Waals surface area contributed by atoms with Crippen LogP contribution in [0.1, 0.15) is 16.2 Å². The van der Waals surface area contributed by atoms with Gasteiger partial charge in [-0.25, -0.2) is 15.0 Å². The molecule has 166 valence electrons. The topological polar surface area (TPSA) is 84.7 Å². The molecule has 7 heteroatoms. The van der Waals surface area contributed by atoms with Crippen molar-refractivity contribution in [3.63, 3.8) is 0 Å². The van der Waals surface area contributed by atoms with Crippen LogP contribution >= 0.6 is 0 Å². The van der Waals surface area contributed by atoms with Crippen molar-refractivity contribution in [1.29, 1.82) is 0 Å². The fourth-order valence-corrected chi connectivity index (χ4v) is 3.60. The average molecular weight is 447 g/mol. The van der Waals surface area contributed by atoms with Gasteiger partial charge in [0.1, 0.15) is 23.8 Å². The fraction of sp³-hybridized carbons (Fsp3) is 0.0370. The first-order valence-electron chi connectivity index (χ1n) is 10.8. The molecule has 0 unspecified atom stereocenters. The Labute approximate surface area is 197 Å². The van der Waals surface area contributed by atoms with Gasteiger partial charge in [-0.15, -0.1) is 0 Å². The zero-order chi connectivity index (χ0) is 23.3. The Morgan fingerprint density at radius 2 is 1.50 bits per heavy atom. The van der Waals surface area contributed by atoms with E-state index in [0.29, 0.717) is 17.1 Å². The molecule has 34 heavy (non-hydrogen) atoms. The average Bonchev–Trinajstić information content (AvgIpc) is 3.32. The highest BCUT2D eigenvalue weighted by atomic mass is 16.1. The molecule has 0 bridgehead atoms. The molecule has 0 aliphatic rings. The Hall–Kier alpha value is -4.78. The Kier molecular flexibility index (Phi) is 5.82. The van der Waals surface area contributed by atoms with Crippen LogP contribution < -0.4 is 10.6 Å². The number of nitrogens with zero attached hydrogens (tertiary/aromatic N) is 4. The summed E-state index contributed by atoms with van der Waals surface area (Å²) in [6, 6.07) is 27.0. The van der Waals surface area contributed by atoms with E-state index in [-0.39, 0.29) is 5.91 Å². The van der Waals surface area contributed by atoms with Crippen molar-refractivity contribution in [2.45, 2.75) is 6.92 Å². The minimum atomic E-state index is -0.156. The van der Waals surface area contributed by atoms with Crippen molar-refractivity contribution in [2.24, 2.45) is 0 Å². The van der Waals surface area contributed by atoms with Crippen LogP contribution in [0.4, 0.5) is 17.2 Å². The van der Waals surface area contributed by atoms with Crippen LogP contribution in [0.25, 0.3) is 16.9 Å². The zero-order valence-electron chi connectivity index (χ0n) is 18.5. The highest BCUT2D eigenvalue weighted by Gasteiger charge is 2.08. The number of hydrogen-bond acceptors (Lipinski definition) is 5. The SMILES string of the molecule is Cc1nccn1-c1cc(Nc2ccc(NC(=O)c3ccc(-c4ccccc4)cc3)cc2)ncn1. The lowest BCUT2D eigenvalue weighted by Gasteiger charge is -2.10. The number of aryl methyl sites for hydroxylation is 1. The van der Waals surface area contributed by atoms with Crippen molar-refractivity contribution in [1.82, 2.24) is 19.5 Å². The largest absolute Gasteiger partial charge is 0.340 e. The predicted octanol–water partition coefficient (Wildman–Crippen LogP) is 5.63. The molecule has 5 aromatic rings. The molecular weight excluding hydrogens is 424 g/mol. The van der Waals surface area contributed by atoms with Gasteiger partial charge in [-0.3, -0.25) is 9.36 Å². The summed E-state index contributed by atoms with van der Waals surface area (Å²) in [6.07, 6.45) is 5.10. The Balaban J connectivity index is 1.23. The number of aromatic nitrogens is 4. The Morgan fingerprint density at radius 3 is 2.21 bits per heavy atom. The summed E-state index contributed by atoms with van der Waals surface area (Å²) < 4.78 is 1.89. The van der Waals surface area contributed by atoms with Gasteiger partial charge in [-0.05, 0) is 54.4 Å². The third-order valence-electron chi connectivity index (χ3n) is 5.39. The van der Waals surface area contributed by atoms with Crippen LogP contribution in [0, 0.1) is 6.92 Å². The molecule has 0 aliphatic carbocycles. The van der Waals surface area contributed by atoms with E-state index in [4.69, 9.17) is 0 Å². The van der Waals surface area contributed by atoms with Gasteiger partial charge in [0.05, 0.1) is 0 Å². The van der Waals surface area contributed by atoms with Gasteiger partial charge < -0.3 is 10.6 Å². The Morgan fingerprint density at radius 1 is 0.794 bits per heavy atom. The first kappa shape index (κ1) is 21.1. The summed E-state index contributed by atoms with van der Waals surface area (Å²) in [7, 11) is 0. The lowest BCUT2D eigenvalue weighted by atomic mass is 10.0. The first-order valence-corrected chi connectivity index (χ1v) is 10.8. The number of hydrogen-bond donors (Lipinski definition) is 2. The molecule has 2 aromatic heterocycles. The molecule has 0 atom stereocenters. The van der Waals surface area contributed by atoms with Crippen LogP contribution in [0.5, 0.6) is 0 Å². The van der Waals surface area contributed by atoms with Crippen molar-refractivity contribution >= 4 is 23.1 Å². The number of amides is 1. The normalized spacial score (nSPS) is 10.6. The molecule has 0 aliphatic heterocycles. The number of carbonyl (C=O) groups is 1. The molecule has 0 spiro atoms. The molecule has 5 rings (SSSR count). The van der Waals surface area contributed by atoms with E-state index in [2.05, 4.69) is 25.6 Å². The van der Waals surface area contributed by atoms with Crippen molar-refractivity contribution in [3.8, 4) is 16.9 Å². The molecule has 0 fully saturated rings. The molecular formula is C27H22N6O. The van der Waals surface area contributed by atoms with Crippen LogP contribution in [-0.4, -0.2) is 25.4 Å². The van der Waals surface area contributed by atoms with Crippen molar-refractivity contribution < 1.29 is 4.79 Å². The van der Waals surface area contributed by atoms with Gasteiger partial charge in [0.15, 0.2) is 0 Å². The van der Waals surface area contributed by atoms with E-state index in [9.17, 15) is 4.79 Å². The number of imidazole rings is 1. The first-order chi connectivity index (χ1) is 16.7. The highest BCUT2D eigenvalue weighted by Crippen LogP contribution is 2.21. The van der Waals surface area contributed by atoms with Gasteiger partial charge in [0, 0.05) is 35.4 Å². The van der Waals surface area contributed by atoms with Crippen LogP contribution in [-0.2, 0) is 0 Å². The van der Waals surface area contributed by atoms with Gasteiger partial charge >= 0.3 is 0 Å². The number of carbonyl (C=O) groups excluding carboxylic acids is 1. The minimum Gasteiger partial charge on any atom is -0.340 e. The monoisotopic (exact) mass is 446 g/mol. The number of benzene rings is 3. The summed E-state index contributed by atoms with van der Waals surface area (Å²) in [5, 5.41) is 6.20. The summed E-state index contributed by atoms with van der Waals surface area (Å²) in [5.74, 6) is 2.08. The van der Waals surface area contributed by atoms with E-state index in [1.54, 1.807) is 6.20 Å². The molecule has 3 aromatic carbocycles. The maximum absolute atomic E-state index is 12.7. The van der Waals surface area contributed by atoms with Gasteiger partial charge in [-0.2, -0.15) is 0 Å².